The molecule has 0 amide bonds. The third kappa shape index (κ3) is 7.33. The second-order valence-corrected chi connectivity index (χ2v) is 11.4. The van der Waals surface area contributed by atoms with Crippen LogP contribution in [0.5, 0.6) is 11.5 Å². The van der Waals surface area contributed by atoms with E-state index in [-0.39, 0.29) is 10.8 Å². The molecular weight excluding hydrogens is 600 g/mol. The minimum Gasteiger partial charge on any atom is -0.492 e. The Bertz CT molecular complexity index is 1400. The van der Waals surface area contributed by atoms with Crippen molar-refractivity contribution in [3.05, 3.63) is 47.1 Å². The van der Waals surface area contributed by atoms with Gasteiger partial charge in [0.15, 0.2) is 0 Å². The SMILES string of the molecule is CCCNS(=O)(=O)c1ccccc1Nc1nc(Nc2cc(OCC)c(N3CCOCC3)cc2OCC)ncc1Br. The van der Waals surface area contributed by atoms with Crippen molar-refractivity contribution in [1.82, 2.24) is 14.7 Å². The maximum atomic E-state index is 12.9. The van der Waals surface area contributed by atoms with Gasteiger partial charge in [0, 0.05) is 38.0 Å². The highest BCUT2D eigenvalue weighted by Crippen LogP contribution is 2.40. The number of nitrogens with one attached hydrogen (secondary N) is 3. The molecule has 0 bridgehead atoms. The van der Waals surface area contributed by atoms with Crippen molar-refractivity contribution in [3.63, 3.8) is 0 Å². The Morgan fingerprint density at radius 2 is 1.73 bits per heavy atom. The summed E-state index contributed by atoms with van der Waals surface area (Å²) in [6.07, 6.45) is 2.28. The molecule has 40 heavy (non-hydrogen) atoms. The number of aromatic nitrogens is 2. The van der Waals surface area contributed by atoms with E-state index in [1.807, 2.05) is 32.9 Å². The number of morpholine rings is 1. The first-order chi connectivity index (χ1) is 19.4. The molecule has 0 spiro atoms. The smallest absolute Gasteiger partial charge is 0.242 e. The Kier molecular flexibility index (Phi) is 10.4. The van der Waals surface area contributed by atoms with Crippen LogP contribution in [0.4, 0.5) is 28.8 Å². The largest absolute Gasteiger partial charge is 0.492 e. The van der Waals surface area contributed by atoms with E-state index < -0.39 is 10.0 Å². The average Bonchev–Trinajstić information content (AvgIpc) is 2.96. The van der Waals surface area contributed by atoms with Crippen molar-refractivity contribution in [1.29, 1.82) is 0 Å². The molecule has 1 aliphatic heterocycles. The lowest BCUT2D eigenvalue weighted by Gasteiger charge is -2.31. The molecule has 0 unspecified atom stereocenters. The first kappa shape index (κ1) is 29.8. The molecule has 2 aromatic carbocycles. The molecule has 0 atom stereocenters. The molecular formula is C27H35BrN6O5S. The molecule has 216 valence electrons. The lowest BCUT2D eigenvalue weighted by Crippen LogP contribution is -2.36. The zero-order chi connectivity index (χ0) is 28.5. The fraction of sp³-hybridized carbons (Fsp3) is 0.407. The van der Waals surface area contributed by atoms with E-state index >= 15 is 0 Å². The van der Waals surface area contributed by atoms with E-state index in [2.05, 4.69) is 46.2 Å². The van der Waals surface area contributed by atoms with Gasteiger partial charge < -0.3 is 29.7 Å². The van der Waals surface area contributed by atoms with Crippen LogP contribution in [0.15, 0.2) is 52.0 Å². The molecule has 1 fully saturated rings. The summed E-state index contributed by atoms with van der Waals surface area (Å²) < 4.78 is 46.4. The van der Waals surface area contributed by atoms with Crippen molar-refractivity contribution in [3.8, 4) is 11.5 Å². The fourth-order valence-corrected chi connectivity index (χ4v) is 5.71. The van der Waals surface area contributed by atoms with Gasteiger partial charge in [0.05, 0.1) is 48.0 Å². The third-order valence-electron chi connectivity index (χ3n) is 5.97. The van der Waals surface area contributed by atoms with Crippen LogP contribution in [-0.4, -0.2) is 64.4 Å². The summed E-state index contributed by atoms with van der Waals surface area (Å²) in [4.78, 5) is 11.4. The van der Waals surface area contributed by atoms with Gasteiger partial charge in [-0.15, -0.1) is 0 Å². The number of sulfonamides is 1. The predicted octanol–water partition coefficient (Wildman–Crippen LogP) is 5.05. The number of rotatable bonds is 13. The van der Waals surface area contributed by atoms with Crippen molar-refractivity contribution in [2.45, 2.75) is 32.1 Å². The van der Waals surface area contributed by atoms with Crippen LogP contribution < -0.4 is 29.7 Å². The average molecular weight is 636 g/mol. The second kappa shape index (κ2) is 14.0. The number of hydrogen-bond acceptors (Lipinski definition) is 10. The van der Waals surface area contributed by atoms with Crippen molar-refractivity contribution >= 4 is 54.8 Å². The lowest BCUT2D eigenvalue weighted by atomic mass is 10.2. The summed E-state index contributed by atoms with van der Waals surface area (Å²) in [6.45, 7) is 9.91. The van der Waals surface area contributed by atoms with Gasteiger partial charge in [0.25, 0.3) is 0 Å². The number of ether oxygens (including phenoxy) is 3. The Labute approximate surface area is 243 Å². The van der Waals surface area contributed by atoms with E-state index in [0.717, 1.165) is 18.8 Å². The highest BCUT2D eigenvalue weighted by molar-refractivity contribution is 9.10. The first-order valence-electron chi connectivity index (χ1n) is 13.3. The van der Waals surface area contributed by atoms with E-state index in [1.54, 1.807) is 30.5 Å². The fourth-order valence-electron chi connectivity index (χ4n) is 4.13. The van der Waals surface area contributed by atoms with Gasteiger partial charge in [-0.25, -0.2) is 18.1 Å². The van der Waals surface area contributed by atoms with Crippen LogP contribution in [0.3, 0.4) is 0 Å². The van der Waals surface area contributed by atoms with Crippen LogP contribution >= 0.6 is 15.9 Å². The van der Waals surface area contributed by atoms with Crippen LogP contribution in [0.2, 0.25) is 0 Å². The number of halogens is 1. The quantitative estimate of drug-likeness (QED) is 0.235. The minimum absolute atomic E-state index is 0.127. The highest BCUT2D eigenvalue weighted by Gasteiger charge is 2.21. The monoisotopic (exact) mass is 634 g/mol. The molecule has 2 heterocycles. The third-order valence-corrected chi connectivity index (χ3v) is 8.07. The van der Waals surface area contributed by atoms with E-state index in [4.69, 9.17) is 14.2 Å². The van der Waals surface area contributed by atoms with E-state index in [0.29, 0.717) is 72.6 Å². The van der Waals surface area contributed by atoms with Crippen molar-refractivity contribution in [2.75, 3.05) is 61.6 Å². The molecule has 1 saturated heterocycles. The topological polar surface area (TPSA) is 127 Å². The zero-order valence-corrected chi connectivity index (χ0v) is 25.3. The number of benzene rings is 2. The molecule has 4 rings (SSSR count). The maximum Gasteiger partial charge on any atom is 0.242 e. The van der Waals surface area contributed by atoms with Crippen molar-refractivity contribution in [2.24, 2.45) is 0 Å². The summed E-state index contributed by atoms with van der Waals surface area (Å²) in [7, 11) is -3.71. The summed E-state index contributed by atoms with van der Waals surface area (Å²) in [6, 6.07) is 10.5. The predicted molar refractivity (Wildman–Crippen MR) is 160 cm³/mol. The van der Waals surface area contributed by atoms with Crippen LogP contribution in [0, 0.1) is 0 Å². The Morgan fingerprint density at radius 3 is 2.45 bits per heavy atom. The summed E-state index contributed by atoms with van der Waals surface area (Å²) in [5.74, 6) is 2.03. The summed E-state index contributed by atoms with van der Waals surface area (Å²) in [5.41, 5.74) is 1.97. The molecule has 3 aromatic rings. The zero-order valence-electron chi connectivity index (χ0n) is 22.9. The van der Waals surface area contributed by atoms with Crippen LogP contribution in [-0.2, 0) is 14.8 Å². The van der Waals surface area contributed by atoms with Crippen LogP contribution in [0.1, 0.15) is 27.2 Å². The normalized spacial score (nSPS) is 13.7. The minimum atomic E-state index is -3.71. The van der Waals surface area contributed by atoms with Gasteiger partial charge in [-0.3, -0.25) is 0 Å². The van der Waals surface area contributed by atoms with E-state index in [9.17, 15) is 8.42 Å². The molecule has 1 aliphatic rings. The number of para-hydroxylation sites is 1. The van der Waals surface area contributed by atoms with Gasteiger partial charge >= 0.3 is 0 Å². The maximum absolute atomic E-state index is 12.9. The number of nitrogens with zero attached hydrogens (tertiary/aromatic N) is 3. The van der Waals surface area contributed by atoms with Gasteiger partial charge in [-0.2, -0.15) is 4.98 Å². The van der Waals surface area contributed by atoms with Crippen LogP contribution in [0.25, 0.3) is 0 Å². The van der Waals surface area contributed by atoms with Gasteiger partial charge in [0.1, 0.15) is 22.2 Å². The molecule has 3 N–H and O–H groups in total. The lowest BCUT2D eigenvalue weighted by molar-refractivity contribution is 0.122. The Hall–Kier alpha value is -3.13. The molecule has 0 radical (unpaired) electrons. The Balaban J connectivity index is 1.65. The highest BCUT2D eigenvalue weighted by atomic mass is 79.9. The standard InChI is InChI=1S/C27H35BrN6O5S/c1-4-11-30-40(35,36)25-10-8-7-9-20(25)31-26-19(28)18-29-27(33-26)32-21-16-24(39-6-3)22(17-23(21)38-5-2)34-12-14-37-15-13-34/h7-10,16-18,30H,4-6,11-15H2,1-3H3,(H2,29,31,32,33). The van der Waals surface area contributed by atoms with Gasteiger partial charge in [-0.05, 0) is 48.3 Å². The molecule has 11 nitrogen and oxygen atoms in total. The number of anilines is 5. The second-order valence-electron chi connectivity index (χ2n) is 8.82. The van der Waals surface area contributed by atoms with Crippen molar-refractivity contribution < 1.29 is 22.6 Å². The van der Waals surface area contributed by atoms with Gasteiger partial charge in [-0.1, -0.05) is 19.1 Å². The van der Waals surface area contributed by atoms with E-state index in [1.165, 1.54) is 0 Å². The summed E-state index contributed by atoms with van der Waals surface area (Å²) in [5, 5.41) is 6.39. The molecule has 1 aromatic heterocycles. The summed E-state index contributed by atoms with van der Waals surface area (Å²) >= 11 is 3.47. The van der Waals surface area contributed by atoms with Gasteiger partial charge in [0.2, 0.25) is 16.0 Å². The molecule has 13 heteroatoms. The Morgan fingerprint density at radius 1 is 1.00 bits per heavy atom. The molecule has 0 saturated carbocycles. The molecule has 0 aliphatic carbocycles. The number of hydrogen-bond donors (Lipinski definition) is 3. The first-order valence-corrected chi connectivity index (χ1v) is 15.6.